The summed E-state index contributed by atoms with van der Waals surface area (Å²) in [7, 11) is 0. The van der Waals surface area contributed by atoms with Crippen LogP contribution in [0.2, 0.25) is 0 Å². The Morgan fingerprint density at radius 1 is 1.50 bits per heavy atom. The van der Waals surface area contributed by atoms with E-state index in [-0.39, 0.29) is 12.2 Å². The Morgan fingerprint density at radius 2 is 2.25 bits per heavy atom. The highest BCUT2D eigenvalue weighted by atomic mass is 16.4. The lowest BCUT2D eigenvalue weighted by atomic mass is 10.3. The first-order valence-electron chi connectivity index (χ1n) is 4.96. The second-order valence-corrected chi connectivity index (χ2v) is 3.60. The predicted molar refractivity (Wildman–Crippen MR) is 58.4 cm³/mol. The minimum atomic E-state index is -0.846. The maximum Gasteiger partial charge on any atom is 0.305 e. The maximum atomic E-state index is 10.5. The smallest absolute Gasteiger partial charge is 0.305 e. The van der Waals surface area contributed by atoms with Crippen molar-refractivity contribution in [3.05, 3.63) is 24.0 Å². The van der Waals surface area contributed by atoms with Crippen molar-refractivity contribution in [2.45, 2.75) is 19.9 Å². The van der Waals surface area contributed by atoms with Crippen LogP contribution in [0.15, 0.2) is 18.2 Å². The molecule has 0 aliphatic heterocycles. The molecule has 0 atom stereocenters. The molecule has 5 nitrogen and oxygen atoms in total. The average Bonchev–Trinajstić information content (AvgIpc) is 2.53. The summed E-state index contributed by atoms with van der Waals surface area (Å²) in [6, 6.07) is 5.10. The molecule has 0 saturated carbocycles. The number of carboxylic acid groups (broad SMARTS) is 1. The van der Waals surface area contributed by atoms with Crippen LogP contribution in [-0.4, -0.2) is 25.7 Å². The normalized spacial score (nSPS) is 10.8. The first-order chi connectivity index (χ1) is 7.59. The number of hydrogen-bond donors (Lipinski definition) is 2. The number of fused-ring (bicyclic) bond motifs is 1. The molecule has 0 bridgehead atoms. The Labute approximate surface area is 92.0 Å². The van der Waals surface area contributed by atoms with Crippen LogP contribution in [0.25, 0.3) is 11.0 Å². The summed E-state index contributed by atoms with van der Waals surface area (Å²) < 4.78 is 1.79. The molecular weight excluding hydrogens is 208 g/mol. The van der Waals surface area contributed by atoms with Gasteiger partial charge in [-0.05, 0) is 19.1 Å². The Kier molecular flexibility index (Phi) is 2.52. The molecule has 2 rings (SSSR count). The first-order valence-corrected chi connectivity index (χ1v) is 4.96. The number of aromatic hydroxyl groups is 1. The number of para-hydroxylation sites is 1. The summed E-state index contributed by atoms with van der Waals surface area (Å²) in [5, 5.41) is 18.2. The molecule has 0 unspecified atom stereocenters. The van der Waals surface area contributed by atoms with Gasteiger partial charge >= 0.3 is 5.97 Å². The number of nitrogens with zero attached hydrogens (tertiary/aromatic N) is 2. The van der Waals surface area contributed by atoms with Crippen LogP contribution in [0.5, 0.6) is 5.75 Å². The van der Waals surface area contributed by atoms with Gasteiger partial charge in [0.15, 0.2) is 0 Å². The SMILES string of the molecule is Cc1nc2c(O)cccc2n1CCC(=O)O. The molecule has 0 spiro atoms. The summed E-state index contributed by atoms with van der Waals surface area (Å²) in [4.78, 5) is 14.7. The van der Waals surface area contributed by atoms with Crippen molar-refractivity contribution in [2.24, 2.45) is 0 Å². The van der Waals surface area contributed by atoms with Crippen LogP contribution >= 0.6 is 0 Å². The Bertz CT molecular complexity index is 545. The zero-order chi connectivity index (χ0) is 11.7. The molecule has 2 N–H and O–H groups in total. The van der Waals surface area contributed by atoms with Crippen molar-refractivity contribution in [3.63, 3.8) is 0 Å². The van der Waals surface area contributed by atoms with E-state index in [0.29, 0.717) is 17.9 Å². The second-order valence-electron chi connectivity index (χ2n) is 3.60. The molecule has 0 saturated heterocycles. The van der Waals surface area contributed by atoms with Crippen molar-refractivity contribution in [1.82, 2.24) is 9.55 Å². The van der Waals surface area contributed by atoms with Crippen molar-refractivity contribution in [1.29, 1.82) is 0 Å². The highest BCUT2D eigenvalue weighted by molar-refractivity contribution is 5.82. The number of benzene rings is 1. The topological polar surface area (TPSA) is 75.4 Å². The molecule has 0 aliphatic rings. The van der Waals surface area contributed by atoms with Crippen molar-refractivity contribution >= 4 is 17.0 Å². The summed E-state index contributed by atoms with van der Waals surface area (Å²) in [6.45, 7) is 2.16. The molecule has 0 radical (unpaired) electrons. The summed E-state index contributed by atoms with van der Waals surface area (Å²) >= 11 is 0. The molecule has 84 valence electrons. The molecule has 1 aromatic heterocycles. The van der Waals surface area contributed by atoms with E-state index in [0.717, 1.165) is 5.52 Å². The van der Waals surface area contributed by atoms with Gasteiger partial charge in [-0.3, -0.25) is 4.79 Å². The second kappa shape index (κ2) is 3.84. The zero-order valence-corrected chi connectivity index (χ0v) is 8.84. The van der Waals surface area contributed by atoms with Crippen LogP contribution in [0.3, 0.4) is 0 Å². The minimum Gasteiger partial charge on any atom is -0.506 e. The van der Waals surface area contributed by atoms with Gasteiger partial charge in [0.05, 0.1) is 11.9 Å². The summed E-state index contributed by atoms with van der Waals surface area (Å²) in [6.07, 6.45) is 0.0436. The molecule has 1 aromatic carbocycles. The van der Waals surface area contributed by atoms with Crippen LogP contribution in [0.1, 0.15) is 12.2 Å². The number of hydrogen-bond acceptors (Lipinski definition) is 3. The van der Waals surface area contributed by atoms with E-state index < -0.39 is 5.97 Å². The number of aromatic nitrogens is 2. The van der Waals surface area contributed by atoms with Crippen LogP contribution in [0.4, 0.5) is 0 Å². The number of phenolic OH excluding ortho intramolecular Hbond substituents is 1. The molecule has 0 aliphatic carbocycles. The molecular formula is C11H12N2O3. The maximum absolute atomic E-state index is 10.5. The van der Waals surface area contributed by atoms with Crippen molar-refractivity contribution < 1.29 is 15.0 Å². The van der Waals surface area contributed by atoms with E-state index in [1.54, 1.807) is 23.6 Å². The Balaban J connectivity index is 2.48. The third kappa shape index (κ3) is 1.71. The van der Waals surface area contributed by atoms with E-state index in [4.69, 9.17) is 5.11 Å². The van der Waals surface area contributed by atoms with Crippen LogP contribution in [0, 0.1) is 6.92 Å². The number of carboxylic acids is 1. The predicted octanol–water partition coefficient (Wildman–Crippen LogP) is 1.53. The van der Waals surface area contributed by atoms with Crippen LogP contribution < -0.4 is 0 Å². The largest absolute Gasteiger partial charge is 0.506 e. The first kappa shape index (κ1) is 10.5. The molecule has 16 heavy (non-hydrogen) atoms. The molecule has 5 heteroatoms. The highest BCUT2D eigenvalue weighted by Crippen LogP contribution is 2.24. The van der Waals surface area contributed by atoms with Gasteiger partial charge in [0.2, 0.25) is 0 Å². The molecule has 1 heterocycles. The highest BCUT2D eigenvalue weighted by Gasteiger charge is 2.10. The monoisotopic (exact) mass is 220 g/mol. The lowest BCUT2D eigenvalue weighted by Crippen LogP contribution is -2.05. The number of phenols is 1. The standard InChI is InChI=1S/C11H12N2O3/c1-7-12-11-8(3-2-4-9(11)14)13(7)6-5-10(15)16/h2-4,14H,5-6H2,1H3,(H,15,16). The number of imidazole rings is 1. The third-order valence-corrected chi connectivity index (χ3v) is 2.50. The molecule has 0 amide bonds. The van der Waals surface area contributed by atoms with Gasteiger partial charge in [-0.1, -0.05) is 6.07 Å². The van der Waals surface area contributed by atoms with Gasteiger partial charge in [-0.15, -0.1) is 0 Å². The van der Waals surface area contributed by atoms with E-state index in [2.05, 4.69) is 4.98 Å². The number of carbonyl (C=O) groups is 1. The van der Waals surface area contributed by atoms with Crippen molar-refractivity contribution in [3.8, 4) is 5.75 Å². The molecule has 0 fully saturated rings. The van der Waals surface area contributed by atoms with Gasteiger partial charge in [0.1, 0.15) is 17.1 Å². The number of rotatable bonds is 3. The fourth-order valence-electron chi connectivity index (χ4n) is 1.74. The fraction of sp³-hybridized carbons (Fsp3) is 0.273. The van der Waals surface area contributed by atoms with Gasteiger partial charge in [-0.2, -0.15) is 0 Å². The van der Waals surface area contributed by atoms with Gasteiger partial charge in [0, 0.05) is 6.54 Å². The average molecular weight is 220 g/mol. The summed E-state index contributed by atoms with van der Waals surface area (Å²) in [5.74, 6) is -0.0196. The van der Waals surface area contributed by atoms with Gasteiger partial charge < -0.3 is 14.8 Å². The van der Waals surface area contributed by atoms with Gasteiger partial charge in [0.25, 0.3) is 0 Å². The minimum absolute atomic E-state index is 0.0436. The third-order valence-electron chi connectivity index (χ3n) is 2.50. The Hall–Kier alpha value is -2.04. The van der Waals surface area contributed by atoms with E-state index in [9.17, 15) is 9.90 Å². The van der Waals surface area contributed by atoms with Crippen molar-refractivity contribution in [2.75, 3.05) is 0 Å². The van der Waals surface area contributed by atoms with E-state index in [1.165, 1.54) is 0 Å². The zero-order valence-electron chi connectivity index (χ0n) is 8.84. The quantitative estimate of drug-likeness (QED) is 0.822. The van der Waals surface area contributed by atoms with E-state index in [1.807, 2.05) is 6.07 Å². The number of aliphatic carboxylic acids is 1. The molecule has 2 aromatic rings. The summed E-state index contributed by atoms with van der Waals surface area (Å²) in [5.41, 5.74) is 1.28. The Morgan fingerprint density at radius 3 is 2.94 bits per heavy atom. The van der Waals surface area contributed by atoms with Gasteiger partial charge in [-0.25, -0.2) is 4.98 Å². The lowest BCUT2D eigenvalue weighted by molar-refractivity contribution is -0.137. The fourth-order valence-corrected chi connectivity index (χ4v) is 1.74. The van der Waals surface area contributed by atoms with E-state index >= 15 is 0 Å². The number of aryl methyl sites for hydroxylation is 2. The van der Waals surface area contributed by atoms with Crippen LogP contribution in [-0.2, 0) is 11.3 Å². The lowest BCUT2D eigenvalue weighted by Gasteiger charge is -2.04.